The van der Waals surface area contributed by atoms with Gasteiger partial charge < -0.3 is 10.0 Å². The fourth-order valence-electron chi connectivity index (χ4n) is 5.93. The molecule has 1 aliphatic heterocycles. The number of hydrogen-bond acceptors (Lipinski definition) is 4. The van der Waals surface area contributed by atoms with Gasteiger partial charge in [-0.3, -0.25) is 9.59 Å². The molecule has 39 heavy (non-hydrogen) atoms. The van der Waals surface area contributed by atoms with Crippen LogP contribution in [0, 0.1) is 11.7 Å². The van der Waals surface area contributed by atoms with Gasteiger partial charge in [-0.2, -0.15) is 5.10 Å². The second-order valence-corrected chi connectivity index (χ2v) is 10.9. The van der Waals surface area contributed by atoms with Crippen molar-refractivity contribution in [2.24, 2.45) is 5.92 Å². The highest BCUT2D eigenvalue weighted by Crippen LogP contribution is 2.56. The number of hydrogen-bond donors (Lipinski definition) is 1. The second-order valence-electron chi connectivity index (χ2n) is 10.9. The Labute approximate surface area is 223 Å². The van der Waals surface area contributed by atoms with E-state index in [2.05, 4.69) is 22.2 Å². The number of carbonyl (C=O) groups is 2. The van der Waals surface area contributed by atoms with Gasteiger partial charge in [0.2, 0.25) is 0 Å². The fourth-order valence-corrected chi connectivity index (χ4v) is 5.93. The maximum absolute atomic E-state index is 15.2. The van der Waals surface area contributed by atoms with E-state index in [4.69, 9.17) is 5.11 Å². The molecule has 2 aromatic carbocycles. The molecule has 2 aliphatic carbocycles. The van der Waals surface area contributed by atoms with Gasteiger partial charge in [-0.05, 0) is 61.1 Å². The van der Waals surface area contributed by atoms with Crippen LogP contribution in [-0.4, -0.2) is 43.0 Å². The van der Waals surface area contributed by atoms with E-state index in [1.165, 1.54) is 17.7 Å². The SMILES string of the molecule is C[C@@H]1c2ccccc2CCN1C(=O)c1cc(C2CC2)n2nc(-c3ccc([C@@]4(F)C[C@H]4C(=O)O)cc3F)cc2n1. The summed E-state index contributed by atoms with van der Waals surface area (Å²) in [5, 5.41) is 13.7. The number of carboxylic acid groups (broad SMARTS) is 1. The molecule has 3 heterocycles. The summed E-state index contributed by atoms with van der Waals surface area (Å²) in [5.41, 5.74) is 2.49. The van der Waals surface area contributed by atoms with Crippen molar-refractivity contribution in [3.8, 4) is 11.3 Å². The van der Waals surface area contributed by atoms with Crippen LogP contribution in [0.2, 0.25) is 0 Å². The van der Waals surface area contributed by atoms with Gasteiger partial charge in [-0.15, -0.1) is 0 Å². The van der Waals surface area contributed by atoms with E-state index in [0.29, 0.717) is 23.6 Å². The monoisotopic (exact) mass is 528 g/mol. The van der Waals surface area contributed by atoms with Crippen LogP contribution in [0.5, 0.6) is 0 Å². The molecule has 2 saturated carbocycles. The molecule has 3 atom stereocenters. The molecule has 0 saturated heterocycles. The molecule has 7 nitrogen and oxygen atoms in total. The molecule has 0 spiro atoms. The van der Waals surface area contributed by atoms with E-state index in [-0.39, 0.29) is 35.4 Å². The summed E-state index contributed by atoms with van der Waals surface area (Å²) in [5.74, 6) is -2.97. The molecule has 4 aromatic rings. The quantitative estimate of drug-likeness (QED) is 0.373. The van der Waals surface area contributed by atoms with Crippen LogP contribution < -0.4 is 0 Å². The number of aromatic nitrogens is 3. The minimum absolute atomic E-state index is 0.0156. The number of amides is 1. The van der Waals surface area contributed by atoms with Crippen LogP contribution in [-0.2, 0) is 16.9 Å². The molecule has 1 N–H and O–H groups in total. The van der Waals surface area contributed by atoms with E-state index >= 15 is 4.39 Å². The molecular formula is C30H26F2N4O3. The average Bonchev–Trinajstić information content (AvgIpc) is 3.84. The van der Waals surface area contributed by atoms with Crippen LogP contribution in [0.15, 0.2) is 54.6 Å². The lowest BCUT2D eigenvalue weighted by Crippen LogP contribution is -2.39. The van der Waals surface area contributed by atoms with E-state index < -0.39 is 23.4 Å². The number of rotatable bonds is 5. The van der Waals surface area contributed by atoms with E-state index in [1.54, 1.807) is 10.6 Å². The van der Waals surface area contributed by atoms with Gasteiger partial charge in [-0.1, -0.05) is 30.3 Å². The molecule has 0 bridgehead atoms. The predicted octanol–water partition coefficient (Wildman–Crippen LogP) is 5.44. The zero-order chi connectivity index (χ0) is 27.1. The van der Waals surface area contributed by atoms with Crippen LogP contribution in [0.1, 0.15) is 71.0 Å². The van der Waals surface area contributed by atoms with Crippen molar-refractivity contribution >= 4 is 17.5 Å². The first-order valence-corrected chi connectivity index (χ1v) is 13.3. The Kier molecular flexibility index (Phi) is 5.17. The van der Waals surface area contributed by atoms with Gasteiger partial charge in [0.05, 0.1) is 17.7 Å². The van der Waals surface area contributed by atoms with E-state index in [1.807, 2.05) is 30.0 Å². The molecular weight excluding hydrogens is 502 g/mol. The summed E-state index contributed by atoms with van der Waals surface area (Å²) >= 11 is 0. The van der Waals surface area contributed by atoms with Crippen molar-refractivity contribution in [1.82, 2.24) is 19.5 Å². The van der Waals surface area contributed by atoms with Gasteiger partial charge in [0.1, 0.15) is 17.2 Å². The number of benzene rings is 2. The van der Waals surface area contributed by atoms with Crippen molar-refractivity contribution < 1.29 is 23.5 Å². The van der Waals surface area contributed by atoms with Crippen LogP contribution >= 0.6 is 0 Å². The molecule has 7 rings (SSSR count). The Balaban J connectivity index is 1.24. The Hall–Kier alpha value is -4.14. The van der Waals surface area contributed by atoms with Crippen LogP contribution in [0.4, 0.5) is 8.78 Å². The topological polar surface area (TPSA) is 87.8 Å². The first-order chi connectivity index (χ1) is 18.7. The fraction of sp³-hybridized carbons (Fsp3) is 0.333. The molecule has 1 amide bonds. The largest absolute Gasteiger partial charge is 0.481 e. The highest BCUT2D eigenvalue weighted by molar-refractivity contribution is 5.93. The lowest BCUT2D eigenvalue weighted by Gasteiger charge is -2.35. The lowest BCUT2D eigenvalue weighted by atomic mass is 9.93. The maximum atomic E-state index is 15.2. The Morgan fingerprint density at radius 3 is 2.62 bits per heavy atom. The third kappa shape index (κ3) is 3.82. The highest BCUT2D eigenvalue weighted by atomic mass is 19.1. The minimum Gasteiger partial charge on any atom is -0.481 e. The van der Waals surface area contributed by atoms with Gasteiger partial charge in [0, 0.05) is 36.2 Å². The Morgan fingerprint density at radius 2 is 1.90 bits per heavy atom. The average molecular weight is 529 g/mol. The molecule has 0 unspecified atom stereocenters. The predicted molar refractivity (Wildman–Crippen MR) is 138 cm³/mol. The first kappa shape index (κ1) is 23.9. The number of carbonyl (C=O) groups excluding carboxylic acids is 1. The zero-order valence-electron chi connectivity index (χ0n) is 21.3. The molecule has 2 fully saturated rings. The van der Waals surface area contributed by atoms with Crippen molar-refractivity contribution in [2.45, 2.75) is 50.2 Å². The number of alkyl halides is 1. The standard InChI is InChI=1S/C30H26F2N4O3/c1-16-20-5-3-2-4-17(20)10-11-35(16)28(37)25-13-26(18-6-7-18)36-27(33-25)14-24(34-36)21-9-8-19(12-23(21)31)30(32)15-22(30)29(38)39/h2-5,8-9,12-14,16,18,22H,6-7,10-11,15H2,1H3,(H,38,39)/t16-,22+,30+/m1/s1. The van der Waals surface area contributed by atoms with Gasteiger partial charge >= 0.3 is 5.97 Å². The summed E-state index contributed by atoms with van der Waals surface area (Å²) < 4.78 is 31.8. The smallest absolute Gasteiger partial charge is 0.310 e. The third-order valence-corrected chi connectivity index (χ3v) is 8.44. The molecule has 0 radical (unpaired) electrons. The summed E-state index contributed by atoms with van der Waals surface area (Å²) in [6.45, 7) is 2.63. The van der Waals surface area contributed by atoms with Crippen molar-refractivity contribution in [3.63, 3.8) is 0 Å². The summed E-state index contributed by atoms with van der Waals surface area (Å²) in [6.07, 6.45) is 2.56. The van der Waals surface area contributed by atoms with Gasteiger partial charge in [0.15, 0.2) is 5.65 Å². The number of fused-ring (bicyclic) bond motifs is 2. The Morgan fingerprint density at radius 1 is 1.10 bits per heavy atom. The summed E-state index contributed by atoms with van der Waals surface area (Å²) in [4.78, 5) is 31.4. The van der Waals surface area contributed by atoms with Crippen LogP contribution in [0.25, 0.3) is 16.9 Å². The van der Waals surface area contributed by atoms with E-state index in [9.17, 15) is 14.0 Å². The van der Waals surface area contributed by atoms with Crippen molar-refractivity contribution in [3.05, 3.63) is 88.5 Å². The van der Waals surface area contributed by atoms with Gasteiger partial charge in [0.25, 0.3) is 5.91 Å². The highest BCUT2D eigenvalue weighted by Gasteiger charge is 2.61. The third-order valence-electron chi connectivity index (χ3n) is 8.44. The zero-order valence-corrected chi connectivity index (χ0v) is 21.3. The minimum atomic E-state index is -2.05. The molecule has 198 valence electrons. The summed E-state index contributed by atoms with van der Waals surface area (Å²) in [7, 11) is 0. The van der Waals surface area contributed by atoms with Crippen LogP contribution in [0.3, 0.4) is 0 Å². The lowest BCUT2D eigenvalue weighted by molar-refractivity contribution is -0.139. The molecule has 2 aromatic heterocycles. The second kappa shape index (κ2) is 8.43. The Bertz CT molecular complexity index is 1680. The molecule has 9 heteroatoms. The number of nitrogens with zero attached hydrogens (tertiary/aromatic N) is 4. The van der Waals surface area contributed by atoms with E-state index in [0.717, 1.165) is 36.6 Å². The van der Waals surface area contributed by atoms with Crippen molar-refractivity contribution in [2.75, 3.05) is 6.54 Å². The number of aliphatic carboxylic acids is 1. The maximum Gasteiger partial charge on any atom is 0.310 e. The number of carboxylic acids is 1. The summed E-state index contributed by atoms with van der Waals surface area (Å²) in [6, 6.07) is 15.4. The molecule has 3 aliphatic rings. The normalized spacial score (nSPS) is 24.0. The van der Waals surface area contributed by atoms with Crippen molar-refractivity contribution in [1.29, 1.82) is 0 Å². The first-order valence-electron chi connectivity index (χ1n) is 13.3. The van der Waals surface area contributed by atoms with Gasteiger partial charge in [-0.25, -0.2) is 18.3 Å². The number of halogens is 2.